The Bertz CT molecular complexity index is 1000. The molecule has 2 amide bonds. The number of imide groups is 1. The van der Waals surface area contributed by atoms with Crippen molar-refractivity contribution in [2.24, 2.45) is 0 Å². The first kappa shape index (κ1) is 21.1. The summed E-state index contributed by atoms with van der Waals surface area (Å²) in [5.41, 5.74) is 2.52. The highest BCUT2D eigenvalue weighted by molar-refractivity contribution is 9.10. The van der Waals surface area contributed by atoms with Crippen LogP contribution in [0.4, 0.5) is 4.79 Å². The van der Waals surface area contributed by atoms with Gasteiger partial charge in [0.15, 0.2) is 6.61 Å². The van der Waals surface area contributed by atoms with Gasteiger partial charge in [0, 0.05) is 10.0 Å². The van der Waals surface area contributed by atoms with Gasteiger partial charge >= 0.3 is 5.97 Å². The van der Waals surface area contributed by atoms with Crippen LogP contribution >= 0.6 is 27.7 Å². The molecule has 8 heteroatoms. The van der Waals surface area contributed by atoms with Crippen molar-refractivity contribution in [3.8, 4) is 5.75 Å². The molecule has 0 radical (unpaired) electrons. The number of nitrogens with zero attached hydrogens (tertiary/aromatic N) is 1. The van der Waals surface area contributed by atoms with Crippen molar-refractivity contribution in [3.05, 3.63) is 68.5 Å². The first-order chi connectivity index (χ1) is 13.9. The van der Waals surface area contributed by atoms with Gasteiger partial charge in [-0.3, -0.25) is 14.5 Å². The van der Waals surface area contributed by atoms with Crippen LogP contribution in [0.3, 0.4) is 0 Å². The van der Waals surface area contributed by atoms with Crippen molar-refractivity contribution in [2.45, 2.75) is 13.5 Å². The number of halogens is 1. The predicted molar refractivity (Wildman–Crippen MR) is 114 cm³/mol. The highest BCUT2D eigenvalue weighted by Crippen LogP contribution is 2.35. The average molecular weight is 476 g/mol. The molecule has 0 bridgehead atoms. The molecule has 0 aliphatic carbocycles. The number of benzene rings is 2. The second-order valence-electron chi connectivity index (χ2n) is 6.30. The van der Waals surface area contributed by atoms with Crippen molar-refractivity contribution < 1.29 is 23.9 Å². The Balaban J connectivity index is 1.83. The van der Waals surface area contributed by atoms with E-state index >= 15 is 0 Å². The van der Waals surface area contributed by atoms with Gasteiger partial charge in [-0.15, -0.1) is 0 Å². The molecule has 0 spiro atoms. The number of aryl methyl sites for hydroxylation is 1. The zero-order valence-electron chi connectivity index (χ0n) is 15.8. The second-order valence-corrected chi connectivity index (χ2v) is 8.21. The van der Waals surface area contributed by atoms with Crippen LogP contribution < -0.4 is 4.74 Å². The van der Waals surface area contributed by atoms with E-state index in [0.29, 0.717) is 16.2 Å². The fourth-order valence-corrected chi connectivity index (χ4v) is 3.94. The predicted octanol–water partition coefficient (Wildman–Crippen LogP) is 4.55. The highest BCUT2D eigenvalue weighted by atomic mass is 79.9. The van der Waals surface area contributed by atoms with E-state index in [-0.39, 0.29) is 24.3 Å². The third-order valence-corrected chi connectivity index (χ3v) is 5.53. The van der Waals surface area contributed by atoms with Crippen LogP contribution in [-0.4, -0.2) is 35.7 Å². The lowest BCUT2D eigenvalue weighted by Gasteiger charge is -2.13. The first-order valence-electron chi connectivity index (χ1n) is 8.67. The SMILES string of the molecule is COC(=O)COc1ccc(Br)cc1/C=C1\SC(=O)N(Cc2cccc(C)c2)C1=O. The van der Waals surface area contributed by atoms with Crippen molar-refractivity contribution >= 4 is 50.9 Å². The number of amides is 2. The summed E-state index contributed by atoms with van der Waals surface area (Å²) in [5, 5.41) is -0.324. The Hall–Kier alpha value is -2.58. The van der Waals surface area contributed by atoms with Crippen LogP contribution in [-0.2, 0) is 20.9 Å². The molecular weight excluding hydrogens is 458 g/mol. The lowest BCUT2D eigenvalue weighted by molar-refractivity contribution is -0.142. The van der Waals surface area contributed by atoms with Gasteiger partial charge in [-0.25, -0.2) is 4.79 Å². The Morgan fingerprint density at radius 3 is 2.72 bits per heavy atom. The van der Waals surface area contributed by atoms with E-state index in [0.717, 1.165) is 27.4 Å². The highest BCUT2D eigenvalue weighted by Gasteiger charge is 2.35. The average Bonchev–Trinajstić information content (AvgIpc) is 2.94. The van der Waals surface area contributed by atoms with E-state index in [2.05, 4.69) is 20.7 Å². The number of hydrogen-bond acceptors (Lipinski definition) is 6. The molecule has 1 fully saturated rings. The number of esters is 1. The molecule has 0 aromatic heterocycles. The maximum absolute atomic E-state index is 12.8. The van der Waals surface area contributed by atoms with E-state index < -0.39 is 5.97 Å². The largest absolute Gasteiger partial charge is 0.481 e. The number of hydrogen-bond donors (Lipinski definition) is 0. The fourth-order valence-electron chi connectivity index (χ4n) is 2.73. The molecule has 150 valence electrons. The Morgan fingerprint density at radius 2 is 2.00 bits per heavy atom. The van der Waals surface area contributed by atoms with Gasteiger partial charge < -0.3 is 9.47 Å². The van der Waals surface area contributed by atoms with Gasteiger partial charge in [0.05, 0.1) is 18.6 Å². The summed E-state index contributed by atoms with van der Waals surface area (Å²) in [6, 6.07) is 12.9. The minimum atomic E-state index is -0.516. The van der Waals surface area contributed by atoms with E-state index in [9.17, 15) is 14.4 Å². The summed E-state index contributed by atoms with van der Waals surface area (Å²) in [6.45, 7) is 1.92. The second kappa shape index (κ2) is 9.28. The molecule has 1 aliphatic rings. The zero-order chi connectivity index (χ0) is 21.0. The Labute approximate surface area is 181 Å². The molecule has 6 nitrogen and oxygen atoms in total. The molecule has 3 rings (SSSR count). The molecule has 0 unspecified atom stereocenters. The van der Waals surface area contributed by atoms with Gasteiger partial charge in [-0.2, -0.15) is 0 Å². The lowest BCUT2D eigenvalue weighted by atomic mass is 10.1. The van der Waals surface area contributed by atoms with Gasteiger partial charge in [-0.1, -0.05) is 45.8 Å². The number of rotatable bonds is 6. The van der Waals surface area contributed by atoms with Crippen LogP contribution in [0, 0.1) is 6.92 Å². The summed E-state index contributed by atoms with van der Waals surface area (Å²) >= 11 is 4.26. The van der Waals surface area contributed by atoms with Crippen LogP contribution in [0.15, 0.2) is 51.8 Å². The van der Waals surface area contributed by atoms with Crippen LogP contribution in [0.5, 0.6) is 5.75 Å². The summed E-state index contributed by atoms with van der Waals surface area (Å²) in [4.78, 5) is 38.1. The Morgan fingerprint density at radius 1 is 1.21 bits per heavy atom. The summed E-state index contributed by atoms with van der Waals surface area (Å²) in [5.74, 6) is -0.471. The van der Waals surface area contributed by atoms with Crippen molar-refractivity contribution in [3.63, 3.8) is 0 Å². The molecule has 1 heterocycles. The normalized spacial score (nSPS) is 15.1. The monoisotopic (exact) mass is 475 g/mol. The van der Waals surface area contributed by atoms with Gasteiger partial charge in [0.2, 0.25) is 0 Å². The summed E-state index contributed by atoms with van der Waals surface area (Å²) < 4.78 is 10.8. The molecular formula is C21H18BrNO5S. The Kier molecular flexibility index (Phi) is 6.76. The third-order valence-electron chi connectivity index (χ3n) is 4.13. The smallest absolute Gasteiger partial charge is 0.343 e. The number of carbonyl (C=O) groups excluding carboxylic acids is 3. The van der Waals surface area contributed by atoms with Crippen molar-refractivity contribution in [1.29, 1.82) is 0 Å². The molecule has 2 aromatic rings. The quantitative estimate of drug-likeness (QED) is 0.450. The summed E-state index contributed by atoms with van der Waals surface area (Å²) in [7, 11) is 1.28. The van der Waals surface area contributed by atoms with Crippen LogP contribution in [0.1, 0.15) is 16.7 Å². The van der Waals surface area contributed by atoms with E-state index in [4.69, 9.17) is 4.74 Å². The van der Waals surface area contributed by atoms with Gasteiger partial charge in [0.25, 0.3) is 11.1 Å². The van der Waals surface area contributed by atoms with Crippen LogP contribution in [0.2, 0.25) is 0 Å². The topological polar surface area (TPSA) is 72.9 Å². The van der Waals surface area contributed by atoms with Crippen molar-refractivity contribution in [2.75, 3.05) is 13.7 Å². The molecule has 2 aromatic carbocycles. The molecule has 29 heavy (non-hydrogen) atoms. The molecule has 0 atom stereocenters. The number of ether oxygens (including phenoxy) is 2. The number of methoxy groups -OCH3 is 1. The van der Waals surface area contributed by atoms with E-state index in [1.165, 1.54) is 12.0 Å². The lowest BCUT2D eigenvalue weighted by Crippen LogP contribution is -2.27. The standard InChI is InChI=1S/C21H18BrNO5S/c1-13-4-3-5-14(8-13)11-23-20(25)18(29-21(23)26)10-15-9-16(22)6-7-17(15)28-12-19(24)27-2/h3-10H,11-12H2,1-2H3/b18-10-. The minimum Gasteiger partial charge on any atom is -0.481 e. The molecule has 1 aliphatic heterocycles. The maximum Gasteiger partial charge on any atom is 0.343 e. The van der Waals surface area contributed by atoms with Gasteiger partial charge in [-0.05, 0) is 48.5 Å². The third kappa shape index (κ3) is 5.27. The number of carbonyl (C=O) groups is 3. The molecule has 0 saturated carbocycles. The number of thioether (sulfide) groups is 1. The van der Waals surface area contributed by atoms with E-state index in [1.807, 2.05) is 31.2 Å². The first-order valence-corrected chi connectivity index (χ1v) is 10.3. The summed E-state index contributed by atoms with van der Waals surface area (Å²) in [6.07, 6.45) is 1.60. The molecule has 1 saturated heterocycles. The van der Waals surface area contributed by atoms with Crippen LogP contribution in [0.25, 0.3) is 6.08 Å². The maximum atomic E-state index is 12.8. The fraction of sp³-hybridized carbons (Fsp3) is 0.190. The molecule has 0 N–H and O–H groups in total. The zero-order valence-corrected chi connectivity index (χ0v) is 18.2. The minimum absolute atomic E-state index is 0.216. The van der Waals surface area contributed by atoms with Crippen molar-refractivity contribution in [1.82, 2.24) is 4.90 Å². The van der Waals surface area contributed by atoms with Gasteiger partial charge in [0.1, 0.15) is 5.75 Å². The van der Waals surface area contributed by atoms with E-state index in [1.54, 1.807) is 24.3 Å².